The second-order valence-corrected chi connectivity index (χ2v) is 6.49. The molecule has 0 aliphatic carbocycles. The number of aromatic nitrogens is 2. The molecule has 1 heterocycles. The van der Waals surface area contributed by atoms with E-state index >= 15 is 0 Å². The van der Waals surface area contributed by atoms with Gasteiger partial charge in [-0.3, -0.25) is 4.79 Å². The van der Waals surface area contributed by atoms with Crippen LogP contribution in [0.4, 0.5) is 0 Å². The molecule has 6 heteroatoms. The lowest BCUT2D eigenvalue weighted by Crippen LogP contribution is -2.28. The molecule has 27 heavy (non-hydrogen) atoms. The van der Waals surface area contributed by atoms with E-state index in [9.17, 15) is 4.79 Å². The van der Waals surface area contributed by atoms with Crippen molar-refractivity contribution in [1.82, 2.24) is 15.2 Å². The number of ether oxygens (including phenoxy) is 1. The Morgan fingerprint density at radius 2 is 1.74 bits per heavy atom. The average molecular weight is 365 g/mol. The summed E-state index contributed by atoms with van der Waals surface area (Å²) in [5.41, 5.74) is 3.54. The number of aryl methyl sites for hydroxylation is 1. The maximum Gasteiger partial charge on any atom is 0.223 e. The Labute approximate surface area is 158 Å². The Balaban J connectivity index is 1.80. The third-order valence-electron chi connectivity index (χ3n) is 4.66. The highest BCUT2D eigenvalue weighted by Gasteiger charge is 2.21. The molecule has 6 nitrogen and oxygen atoms in total. The van der Waals surface area contributed by atoms with Crippen LogP contribution in [0.25, 0.3) is 0 Å². The van der Waals surface area contributed by atoms with Crippen LogP contribution in [0.15, 0.2) is 59.2 Å². The third kappa shape index (κ3) is 4.53. The van der Waals surface area contributed by atoms with E-state index in [1.54, 1.807) is 19.1 Å². The lowest BCUT2D eigenvalue weighted by Gasteiger charge is -2.22. The van der Waals surface area contributed by atoms with Gasteiger partial charge in [0.25, 0.3) is 0 Å². The van der Waals surface area contributed by atoms with Gasteiger partial charge in [-0.05, 0) is 30.2 Å². The second kappa shape index (κ2) is 8.49. The SMILES string of the molecule is COc1ccc([C@H](CC(=O)N(C)Cc2nonc2C)c2ccccc2)cc1. The minimum atomic E-state index is -0.0383. The summed E-state index contributed by atoms with van der Waals surface area (Å²) in [6.45, 7) is 2.19. The van der Waals surface area contributed by atoms with Gasteiger partial charge < -0.3 is 9.64 Å². The van der Waals surface area contributed by atoms with Crippen LogP contribution in [0.2, 0.25) is 0 Å². The molecule has 0 fully saturated rings. The van der Waals surface area contributed by atoms with Gasteiger partial charge in [0.2, 0.25) is 5.91 Å². The molecular weight excluding hydrogens is 342 g/mol. The molecule has 0 N–H and O–H groups in total. The summed E-state index contributed by atoms with van der Waals surface area (Å²) in [6.07, 6.45) is 0.358. The van der Waals surface area contributed by atoms with Crippen molar-refractivity contribution >= 4 is 5.91 Å². The minimum Gasteiger partial charge on any atom is -0.497 e. The van der Waals surface area contributed by atoms with Gasteiger partial charge in [0.1, 0.15) is 17.1 Å². The van der Waals surface area contributed by atoms with Crippen LogP contribution in [0, 0.1) is 6.92 Å². The Bertz CT molecular complexity index is 875. The first-order valence-corrected chi connectivity index (χ1v) is 8.79. The molecule has 0 saturated heterocycles. The molecule has 140 valence electrons. The van der Waals surface area contributed by atoms with Crippen molar-refractivity contribution in [3.05, 3.63) is 77.1 Å². The fourth-order valence-electron chi connectivity index (χ4n) is 2.99. The Morgan fingerprint density at radius 1 is 1.07 bits per heavy atom. The number of nitrogens with zero attached hydrogens (tertiary/aromatic N) is 3. The predicted octanol–water partition coefficient (Wildman–Crippen LogP) is 3.57. The van der Waals surface area contributed by atoms with Crippen molar-refractivity contribution in [3.8, 4) is 5.75 Å². The average Bonchev–Trinajstić information content (AvgIpc) is 3.11. The van der Waals surface area contributed by atoms with Crippen molar-refractivity contribution in [1.29, 1.82) is 0 Å². The topological polar surface area (TPSA) is 68.5 Å². The van der Waals surface area contributed by atoms with Crippen LogP contribution >= 0.6 is 0 Å². The van der Waals surface area contributed by atoms with E-state index in [2.05, 4.69) is 10.3 Å². The third-order valence-corrected chi connectivity index (χ3v) is 4.66. The van der Waals surface area contributed by atoms with Gasteiger partial charge in [-0.15, -0.1) is 0 Å². The lowest BCUT2D eigenvalue weighted by atomic mass is 9.88. The van der Waals surface area contributed by atoms with Crippen LogP contribution in [0.5, 0.6) is 5.75 Å². The second-order valence-electron chi connectivity index (χ2n) is 6.49. The summed E-state index contributed by atoms with van der Waals surface area (Å²) in [5.74, 6) is 0.786. The summed E-state index contributed by atoms with van der Waals surface area (Å²) in [7, 11) is 3.41. The number of hydrogen-bond acceptors (Lipinski definition) is 5. The first kappa shape index (κ1) is 18.6. The Hall–Kier alpha value is -3.15. The number of amides is 1. The van der Waals surface area contributed by atoms with Crippen molar-refractivity contribution in [3.63, 3.8) is 0 Å². The molecule has 0 radical (unpaired) electrons. The first-order valence-electron chi connectivity index (χ1n) is 8.79. The van der Waals surface area contributed by atoms with Crippen LogP contribution in [0.1, 0.15) is 34.9 Å². The highest BCUT2D eigenvalue weighted by Crippen LogP contribution is 2.30. The molecule has 0 aliphatic heterocycles. The number of methoxy groups -OCH3 is 1. The van der Waals surface area contributed by atoms with Crippen LogP contribution in [-0.4, -0.2) is 35.3 Å². The van der Waals surface area contributed by atoms with E-state index in [1.807, 2.05) is 61.5 Å². The van der Waals surface area contributed by atoms with E-state index in [-0.39, 0.29) is 11.8 Å². The molecule has 3 aromatic rings. The molecule has 1 amide bonds. The van der Waals surface area contributed by atoms with E-state index in [0.29, 0.717) is 24.4 Å². The first-order chi connectivity index (χ1) is 13.1. The molecule has 0 spiro atoms. The van der Waals surface area contributed by atoms with Crippen LogP contribution in [0.3, 0.4) is 0 Å². The summed E-state index contributed by atoms with van der Waals surface area (Å²) in [6, 6.07) is 17.9. The molecular formula is C21H23N3O3. The molecule has 1 atom stereocenters. The van der Waals surface area contributed by atoms with Gasteiger partial charge in [-0.1, -0.05) is 52.8 Å². The van der Waals surface area contributed by atoms with Crippen molar-refractivity contribution in [2.24, 2.45) is 0 Å². The van der Waals surface area contributed by atoms with Crippen molar-refractivity contribution in [2.45, 2.75) is 25.8 Å². The zero-order valence-corrected chi connectivity index (χ0v) is 15.8. The summed E-state index contributed by atoms with van der Waals surface area (Å²) in [4.78, 5) is 14.5. The van der Waals surface area contributed by atoms with Gasteiger partial charge >= 0.3 is 0 Å². The van der Waals surface area contributed by atoms with Crippen LogP contribution < -0.4 is 4.74 Å². The number of benzene rings is 2. The van der Waals surface area contributed by atoms with E-state index < -0.39 is 0 Å². The molecule has 2 aromatic carbocycles. The fourth-order valence-corrected chi connectivity index (χ4v) is 2.99. The molecule has 0 unspecified atom stereocenters. The molecule has 3 rings (SSSR count). The van der Waals surface area contributed by atoms with Crippen LogP contribution in [-0.2, 0) is 11.3 Å². The van der Waals surface area contributed by atoms with Gasteiger partial charge in [0.15, 0.2) is 0 Å². The maximum absolute atomic E-state index is 12.9. The Kier molecular flexibility index (Phi) is 5.86. The van der Waals surface area contributed by atoms with Gasteiger partial charge in [0.05, 0.1) is 13.7 Å². The van der Waals surface area contributed by atoms with Crippen molar-refractivity contribution in [2.75, 3.05) is 14.2 Å². The smallest absolute Gasteiger partial charge is 0.223 e. The normalized spacial score (nSPS) is 11.8. The standard InChI is InChI=1S/C21H23N3O3/c1-15-20(23-27-22-15)14-24(2)21(25)13-19(16-7-5-4-6-8-16)17-9-11-18(26-3)12-10-17/h4-12,19H,13-14H2,1-3H3/t19-/m1/s1. The highest BCUT2D eigenvalue weighted by molar-refractivity contribution is 5.77. The predicted molar refractivity (Wildman–Crippen MR) is 101 cm³/mol. The summed E-state index contributed by atoms with van der Waals surface area (Å²) < 4.78 is 9.96. The number of hydrogen-bond donors (Lipinski definition) is 0. The zero-order valence-electron chi connectivity index (χ0n) is 15.8. The molecule has 0 aliphatic rings. The zero-order chi connectivity index (χ0) is 19.2. The van der Waals surface area contributed by atoms with Gasteiger partial charge in [0, 0.05) is 19.4 Å². The fraction of sp³-hybridized carbons (Fsp3) is 0.286. The number of carbonyl (C=O) groups excluding carboxylic acids is 1. The number of rotatable bonds is 7. The summed E-state index contributed by atoms with van der Waals surface area (Å²) >= 11 is 0. The van der Waals surface area contributed by atoms with Crippen molar-refractivity contribution < 1.29 is 14.2 Å². The highest BCUT2D eigenvalue weighted by atomic mass is 16.6. The largest absolute Gasteiger partial charge is 0.497 e. The van der Waals surface area contributed by atoms with E-state index in [4.69, 9.17) is 9.37 Å². The molecule has 1 aromatic heterocycles. The minimum absolute atomic E-state index is 0.0297. The molecule has 0 saturated carbocycles. The lowest BCUT2D eigenvalue weighted by molar-refractivity contribution is -0.130. The monoisotopic (exact) mass is 365 g/mol. The maximum atomic E-state index is 12.9. The van der Waals surface area contributed by atoms with Gasteiger partial charge in [-0.25, -0.2) is 4.63 Å². The van der Waals surface area contributed by atoms with Gasteiger partial charge in [-0.2, -0.15) is 0 Å². The quantitative estimate of drug-likeness (QED) is 0.640. The molecule has 0 bridgehead atoms. The number of carbonyl (C=O) groups is 1. The summed E-state index contributed by atoms with van der Waals surface area (Å²) in [5, 5.41) is 7.62. The van der Waals surface area contributed by atoms with E-state index in [0.717, 1.165) is 16.9 Å². The Morgan fingerprint density at radius 3 is 2.33 bits per heavy atom. The van der Waals surface area contributed by atoms with E-state index in [1.165, 1.54) is 0 Å².